The predicted molar refractivity (Wildman–Crippen MR) is 98.7 cm³/mol. The minimum atomic E-state index is -0.659. The Morgan fingerprint density at radius 2 is 2.15 bits per heavy atom. The van der Waals surface area contributed by atoms with Crippen LogP contribution < -0.4 is 0 Å². The maximum absolute atomic E-state index is 12.7. The maximum Gasteiger partial charge on any atom is 0.291 e. The highest BCUT2D eigenvalue weighted by atomic mass is 16.5. The molecule has 1 saturated heterocycles. The lowest BCUT2D eigenvalue weighted by molar-refractivity contribution is -0.150. The minimum Gasteiger partial charge on any atom is -0.337 e. The van der Waals surface area contributed by atoms with Gasteiger partial charge in [-0.2, -0.15) is 4.98 Å². The number of carbonyl (C=O) groups is 2. The molecule has 0 N–H and O–H groups in total. The van der Waals surface area contributed by atoms with Crippen molar-refractivity contribution in [2.75, 3.05) is 6.54 Å². The lowest BCUT2D eigenvalue weighted by Crippen LogP contribution is -2.42. The smallest absolute Gasteiger partial charge is 0.291 e. The average molecular weight is 370 g/mol. The predicted octanol–water partition coefficient (Wildman–Crippen LogP) is 2.92. The Labute approximate surface area is 159 Å². The SMILES string of the molecule is CCC(C)(C)C(=O)C(=O)N1CCCC1c1nc(CCc2cccnc2)no1. The van der Waals surface area contributed by atoms with Crippen molar-refractivity contribution < 1.29 is 14.1 Å². The Morgan fingerprint density at radius 3 is 2.85 bits per heavy atom. The molecule has 144 valence electrons. The van der Waals surface area contributed by atoms with Crippen molar-refractivity contribution in [2.24, 2.45) is 5.41 Å². The van der Waals surface area contributed by atoms with Crippen LogP contribution in [0.25, 0.3) is 0 Å². The molecule has 0 aromatic carbocycles. The number of carbonyl (C=O) groups excluding carboxylic acids is 2. The van der Waals surface area contributed by atoms with Crippen molar-refractivity contribution in [2.45, 2.75) is 58.9 Å². The van der Waals surface area contributed by atoms with Gasteiger partial charge in [0.05, 0.1) is 0 Å². The molecular weight excluding hydrogens is 344 g/mol. The van der Waals surface area contributed by atoms with Crippen LogP contribution >= 0.6 is 0 Å². The molecule has 27 heavy (non-hydrogen) atoms. The van der Waals surface area contributed by atoms with Crippen molar-refractivity contribution in [3.63, 3.8) is 0 Å². The number of likely N-dealkylation sites (tertiary alicyclic amines) is 1. The summed E-state index contributed by atoms with van der Waals surface area (Å²) in [7, 11) is 0. The Morgan fingerprint density at radius 1 is 1.33 bits per heavy atom. The van der Waals surface area contributed by atoms with Gasteiger partial charge in [0.25, 0.3) is 5.91 Å². The highest BCUT2D eigenvalue weighted by molar-refractivity contribution is 6.38. The van der Waals surface area contributed by atoms with E-state index < -0.39 is 11.3 Å². The number of amides is 1. The first-order valence-electron chi connectivity index (χ1n) is 9.49. The van der Waals surface area contributed by atoms with Gasteiger partial charge in [-0.1, -0.05) is 32.0 Å². The van der Waals surface area contributed by atoms with Gasteiger partial charge in [-0.3, -0.25) is 14.6 Å². The first-order chi connectivity index (χ1) is 12.9. The Hall–Kier alpha value is -2.57. The summed E-state index contributed by atoms with van der Waals surface area (Å²) in [5, 5.41) is 4.05. The zero-order valence-electron chi connectivity index (χ0n) is 16.1. The summed E-state index contributed by atoms with van der Waals surface area (Å²) in [6.07, 6.45) is 7.14. The number of hydrogen-bond donors (Lipinski definition) is 0. The van der Waals surface area contributed by atoms with Crippen molar-refractivity contribution in [3.05, 3.63) is 41.8 Å². The Kier molecular flexibility index (Phi) is 5.68. The van der Waals surface area contributed by atoms with E-state index in [0.29, 0.717) is 31.1 Å². The number of aryl methyl sites for hydroxylation is 2. The van der Waals surface area contributed by atoms with Gasteiger partial charge in [0, 0.05) is 30.8 Å². The second-order valence-electron chi connectivity index (χ2n) is 7.63. The molecule has 1 amide bonds. The van der Waals surface area contributed by atoms with Crippen LogP contribution in [-0.2, 0) is 22.4 Å². The summed E-state index contributed by atoms with van der Waals surface area (Å²) in [4.78, 5) is 35.5. The fourth-order valence-electron chi connectivity index (χ4n) is 3.15. The number of hydrogen-bond acceptors (Lipinski definition) is 6. The quantitative estimate of drug-likeness (QED) is 0.696. The Bertz CT molecular complexity index is 801. The number of Topliss-reactive ketones (excluding diaryl/α,β-unsaturated/α-hetero) is 1. The lowest BCUT2D eigenvalue weighted by atomic mass is 9.84. The van der Waals surface area contributed by atoms with Crippen molar-refractivity contribution in [1.29, 1.82) is 0 Å². The average Bonchev–Trinajstić information content (AvgIpc) is 3.35. The van der Waals surface area contributed by atoms with Crippen LogP contribution in [0, 0.1) is 5.41 Å². The normalized spacial score (nSPS) is 17.3. The van der Waals surface area contributed by atoms with E-state index in [2.05, 4.69) is 15.1 Å². The molecule has 0 saturated carbocycles. The van der Waals surface area contributed by atoms with Crippen molar-refractivity contribution in [3.8, 4) is 0 Å². The van der Waals surface area contributed by atoms with E-state index in [9.17, 15) is 9.59 Å². The van der Waals surface area contributed by atoms with Crippen molar-refractivity contribution >= 4 is 11.7 Å². The standard InChI is InChI=1S/C20H26N4O3/c1-4-20(2,3)17(25)19(26)24-12-6-8-15(24)18-22-16(23-27-18)10-9-14-7-5-11-21-13-14/h5,7,11,13,15H,4,6,8-10,12H2,1-3H3. The minimum absolute atomic E-state index is 0.311. The van der Waals surface area contributed by atoms with Gasteiger partial charge in [-0.25, -0.2) is 0 Å². The third-order valence-electron chi connectivity index (χ3n) is 5.34. The number of rotatable bonds is 7. The van der Waals surface area contributed by atoms with Crippen LogP contribution in [-0.4, -0.2) is 38.3 Å². The molecule has 1 fully saturated rings. The van der Waals surface area contributed by atoms with E-state index in [4.69, 9.17) is 4.52 Å². The molecule has 7 nitrogen and oxygen atoms in total. The van der Waals surface area contributed by atoms with E-state index >= 15 is 0 Å². The topological polar surface area (TPSA) is 89.2 Å². The second-order valence-corrected chi connectivity index (χ2v) is 7.63. The summed E-state index contributed by atoms with van der Waals surface area (Å²) in [6, 6.07) is 3.59. The zero-order chi connectivity index (χ0) is 19.4. The maximum atomic E-state index is 12.7. The molecule has 7 heteroatoms. The largest absolute Gasteiger partial charge is 0.337 e. The van der Waals surface area contributed by atoms with Gasteiger partial charge in [0.2, 0.25) is 11.7 Å². The number of pyridine rings is 1. The Balaban J connectivity index is 1.68. The molecule has 1 aliphatic heterocycles. The number of ketones is 1. The van der Waals surface area contributed by atoms with Crippen LogP contribution in [0.4, 0.5) is 0 Å². The summed E-state index contributed by atoms with van der Waals surface area (Å²) < 4.78 is 5.43. The number of nitrogens with zero attached hydrogens (tertiary/aromatic N) is 4. The summed E-state index contributed by atoms with van der Waals surface area (Å²) >= 11 is 0. The van der Waals surface area contributed by atoms with E-state index in [1.165, 1.54) is 0 Å². The van der Waals surface area contributed by atoms with Crippen LogP contribution in [0.15, 0.2) is 29.0 Å². The van der Waals surface area contributed by atoms with Gasteiger partial charge in [0.1, 0.15) is 6.04 Å². The van der Waals surface area contributed by atoms with Crippen LogP contribution in [0.1, 0.15) is 63.4 Å². The number of aromatic nitrogens is 3. The molecular formula is C20H26N4O3. The molecule has 0 spiro atoms. The van der Waals surface area contributed by atoms with E-state index in [1.54, 1.807) is 11.1 Å². The van der Waals surface area contributed by atoms with Gasteiger partial charge in [-0.05, 0) is 37.3 Å². The summed E-state index contributed by atoms with van der Waals surface area (Å²) in [5.41, 5.74) is 0.447. The van der Waals surface area contributed by atoms with Gasteiger partial charge in [0.15, 0.2) is 5.82 Å². The molecule has 1 unspecified atom stereocenters. The highest BCUT2D eigenvalue weighted by Gasteiger charge is 2.41. The third-order valence-corrected chi connectivity index (χ3v) is 5.34. The monoisotopic (exact) mass is 370 g/mol. The van der Waals surface area contributed by atoms with Gasteiger partial charge in [-0.15, -0.1) is 0 Å². The first kappa shape index (κ1) is 19.2. The van der Waals surface area contributed by atoms with E-state index in [-0.39, 0.29) is 11.8 Å². The van der Waals surface area contributed by atoms with E-state index in [0.717, 1.165) is 24.8 Å². The molecule has 3 rings (SSSR count). The fraction of sp³-hybridized carbons (Fsp3) is 0.550. The van der Waals surface area contributed by atoms with Crippen molar-refractivity contribution in [1.82, 2.24) is 20.0 Å². The molecule has 2 aromatic rings. The zero-order valence-corrected chi connectivity index (χ0v) is 16.1. The summed E-state index contributed by atoms with van der Waals surface area (Å²) in [6.45, 7) is 6.07. The molecule has 3 heterocycles. The van der Waals surface area contributed by atoms with Crippen LogP contribution in [0.3, 0.4) is 0 Å². The summed E-state index contributed by atoms with van der Waals surface area (Å²) in [5.74, 6) is 0.227. The first-order valence-corrected chi connectivity index (χ1v) is 9.49. The van der Waals surface area contributed by atoms with Crippen LogP contribution in [0.2, 0.25) is 0 Å². The lowest BCUT2D eigenvalue weighted by Gasteiger charge is -2.26. The molecule has 1 atom stereocenters. The molecule has 1 aliphatic rings. The van der Waals surface area contributed by atoms with Gasteiger partial charge >= 0.3 is 0 Å². The molecule has 0 aliphatic carbocycles. The molecule has 0 radical (unpaired) electrons. The third kappa shape index (κ3) is 4.23. The molecule has 0 bridgehead atoms. The fourth-order valence-corrected chi connectivity index (χ4v) is 3.15. The molecule has 2 aromatic heterocycles. The highest BCUT2D eigenvalue weighted by Crippen LogP contribution is 2.33. The van der Waals surface area contributed by atoms with E-state index in [1.807, 2.05) is 39.1 Å². The van der Waals surface area contributed by atoms with Crippen LogP contribution in [0.5, 0.6) is 0 Å². The second kappa shape index (κ2) is 7.98. The van der Waals surface area contributed by atoms with Gasteiger partial charge < -0.3 is 9.42 Å².